The molecule has 0 aromatic heterocycles. The molecule has 2 N–H and O–H groups in total. The van der Waals surface area contributed by atoms with Crippen LogP contribution in [0.4, 0.5) is 0 Å². The highest BCUT2D eigenvalue weighted by Crippen LogP contribution is 2.17. The summed E-state index contributed by atoms with van der Waals surface area (Å²) in [4.78, 5) is 13.6. The normalized spacial score (nSPS) is 23.4. The summed E-state index contributed by atoms with van der Waals surface area (Å²) < 4.78 is 5.69. The minimum atomic E-state index is -0.796. The van der Waals surface area contributed by atoms with Crippen LogP contribution in [0.5, 0.6) is 0 Å². The summed E-state index contributed by atoms with van der Waals surface area (Å²) in [6.07, 6.45) is 5.40. The number of aliphatic carboxylic acids is 1. The van der Waals surface area contributed by atoms with Gasteiger partial charge in [-0.05, 0) is 66.1 Å². The number of likely N-dealkylation sites (N-methyl/N-ethyl adjacent to an activating group) is 1. The Labute approximate surface area is 122 Å². The summed E-state index contributed by atoms with van der Waals surface area (Å²) in [7, 11) is 1.71. The van der Waals surface area contributed by atoms with Gasteiger partial charge in [-0.25, -0.2) is 0 Å². The standard InChI is InChI=1S/C15H30N2O3/c1-4-20-13-8-7-11-17(12-13)10-6-5-9-15(2,16-3)14(18)19/h13,16H,4-12H2,1-3H3,(H,18,19). The van der Waals surface area contributed by atoms with E-state index in [1.54, 1.807) is 14.0 Å². The van der Waals surface area contributed by atoms with E-state index in [2.05, 4.69) is 10.2 Å². The molecule has 0 aliphatic carbocycles. The lowest BCUT2D eigenvalue weighted by molar-refractivity contribution is -0.144. The number of piperidine rings is 1. The van der Waals surface area contributed by atoms with Crippen LogP contribution in [-0.4, -0.2) is 60.9 Å². The summed E-state index contributed by atoms with van der Waals surface area (Å²) in [6.45, 7) is 7.80. The van der Waals surface area contributed by atoms with E-state index in [4.69, 9.17) is 4.74 Å². The van der Waals surface area contributed by atoms with Crippen molar-refractivity contribution in [1.29, 1.82) is 0 Å². The van der Waals surface area contributed by atoms with E-state index >= 15 is 0 Å². The highest BCUT2D eigenvalue weighted by molar-refractivity contribution is 5.78. The van der Waals surface area contributed by atoms with Crippen molar-refractivity contribution in [2.75, 3.05) is 33.3 Å². The maximum Gasteiger partial charge on any atom is 0.323 e. The Morgan fingerprint density at radius 3 is 2.85 bits per heavy atom. The highest BCUT2D eigenvalue weighted by atomic mass is 16.5. The first-order chi connectivity index (χ1) is 9.51. The number of carboxylic acid groups (broad SMARTS) is 1. The molecule has 1 heterocycles. The maximum absolute atomic E-state index is 11.2. The quantitative estimate of drug-likeness (QED) is 0.632. The summed E-state index contributed by atoms with van der Waals surface area (Å²) in [5, 5.41) is 12.1. The number of nitrogens with zero attached hydrogens (tertiary/aromatic N) is 1. The van der Waals surface area contributed by atoms with Crippen LogP contribution in [-0.2, 0) is 9.53 Å². The molecule has 20 heavy (non-hydrogen) atoms. The van der Waals surface area contributed by atoms with Crippen LogP contribution in [0.1, 0.15) is 46.0 Å². The smallest absolute Gasteiger partial charge is 0.323 e. The van der Waals surface area contributed by atoms with Crippen molar-refractivity contribution in [3.05, 3.63) is 0 Å². The Bertz CT molecular complexity index is 297. The molecule has 1 rings (SSSR count). The van der Waals surface area contributed by atoms with Crippen molar-refractivity contribution < 1.29 is 14.6 Å². The Morgan fingerprint density at radius 1 is 1.50 bits per heavy atom. The molecule has 5 heteroatoms. The lowest BCUT2D eigenvalue weighted by Gasteiger charge is -2.32. The van der Waals surface area contributed by atoms with Gasteiger partial charge in [0.05, 0.1) is 6.10 Å². The van der Waals surface area contributed by atoms with Gasteiger partial charge in [-0.3, -0.25) is 4.79 Å². The van der Waals surface area contributed by atoms with Gasteiger partial charge < -0.3 is 20.1 Å². The van der Waals surface area contributed by atoms with Crippen molar-refractivity contribution >= 4 is 5.97 Å². The van der Waals surface area contributed by atoms with E-state index in [0.29, 0.717) is 12.5 Å². The molecule has 1 aliphatic heterocycles. The van der Waals surface area contributed by atoms with Gasteiger partial charge >= 0.3 is 5.97 Å². The van der Waals surface area contributed by atoms with Crippen LogP contribution >= 0.6 is 0 Å². The van der Waals surface area contributed by atoms with E-state index in [-0.39, 0.29) is 0 Å². The van der Waals surface area contributed by atoms with Crippen LogP contribution in [0.2, 0.25) is 0 Å². The predicted molar refractivity (Wildman–Crippen MR) is 80.0 cm³/mol. The second-order valence-electron chi connectivity index (χ2n) is 5.86. The van der Waals surface area contributed by atoms with Gasteiger partial charge in [-0.1, -0.05) is 0 Å². The van der Waals surface area contributed by atoms with Crippen LogP contribution in [0, 0.1) is 0 Å². The van der Waals surface area contributed by atoms with E-state index < -0.39 is 11.5 Å². The molecule has 118 valence electrons. The summed E-state index contributed by atoms with van der Waals surface area (Å²) in [5.74, 6) is -0.769. The molecule has 0 aromatic carbocycles. The number of carboxylic acids is 1. The zero-order valence-electron chi connectivity index (χ0n) is 13.2. The number of nitrogens with one attached hydrogen (secondary N) is 1. The van der Waals surface area contributed by atoms with E-state index in [0.717, 1.165) is 39.1 Å². The first kappa shape index (κ1) is 17.4. The number of ether oxygens (including phenoxy) is 1. The fourth-order valence-corrected chi connectivity index (χ4v) is 2.74. The second-order valence-corrected chi connectivity index (χ2v) is 5.86. The number of hydrogen-bond donors (Lipinski definition) is 2. The number of hydrogen-bond acceptors (Lipinski definition) is 4. The van der Waals surface area contributed by atoms with Gasteiger partial charge in [0.1, 0.15) is 5.54 Å². The number of unbranched alkanes of at least 4 members (excludes halogenated alkanes) is 1. The van der Waals surface area contributed by atoms with E-state index in [9.17, 15) is 9.90 Å². The zero-order chi connectivity index (χ0) is 15.0. The van der Waals surface area contributed by atoms with Gasteiger partial charge in [0.15, 0.2) is 0 Å². The van der Waals surface area contributed by atoms with Crippen LogP contribution in [0.25, 0.3) is 0 Å². The van der Waals surface area contributed by atoms with Crippen LogP contribution in [0.15, 0.2) is 0 Å². The fraction of sp³-hybridized carbons (Fsp3) is 0.933. The zero-order valence-corrected chi connectivity index (χ0v) is 13.2. The number of carbonyl (C=O) groups is 1. The predicted octanol–water partition coefficient (Wildman–Crippen LogP) is 1.72. The third kappa shape index (κ3) is 5.38. The molecular weight excluding hydrogens is 256 g/mol. The first-order valence-corrected chi connectivity index (χ1v) is 7.78. The Kier molecular flexibility index (Phi) is 7.48. The molecule has 0 aromatic rings. The molecule has 2 atom stereocenters. The van der Waals surface area contributed by atoms with Gasteiger partial charge in [-0.2, -0.15) is 0 Å². The average Bonchev–Trinajstić information content (AvgIpc) is 2.44. The van der Waals surface area contributed by atoms with E-state index in [1.165, 1.54) is 12.8 Å². The highest BCUT2D eigenvalue weighted by Gasteiger charge is 2.30. The number of likely N-dealkylation sites (tertiary alicyclic amines) is 1. The third-order valence-corrected chi connectivity index (χ3v) is 4.29. The van der Waals surface area contributed by atoms with Gasteiger partial charge in [0.25, 0.3) is 0 Å². The largest absolute Gasteiger partial charge is 0.480 e. The minimum Gasteiger partial charge on any atom is -0.480 e. The van der Waals surface area contributed by atoms with Crippen molar-refractivity contribution in [1.82, 2.24) is 10.2 Å². The van der Waals surface area contributed by atoms with Crippen molar-refractivity contribution in [3.63, 3.8) is 0 Å². The fourth-order valence-electron chi connectivity index (χ4n) is 2.74. The first-order valence-electron chi connectivity index (χ1n) is 7.78. The molecule has 1 saturated heterocycles. The third-order valence-electron chi connectivity index (χ3n) is 4.29. The minimum absolute atomic E-state index is 0.385. The Balaban J connectivity index is 2.22. The van der Waals surface area contributed by atoms with Crippen LogP contribution in [0.3, 0.4) is 0 Å². The molecule has 0 spiro atoms. The number of rotatable bonds is 9. The molecule has 2 unspecified atom stereocenters. The monoisotopic (exact) mass is 286 g/mol. The lowest BCUT2D eigenvalue weighted by atomic mass is 9.95. The van der Waals surface area contributed by atoms with Gasteiger partial charge in [-0.15, -0.1) is 0 Å². The SMILES string of the molecule is CCOC1CCCN(CCCCC(C)(NC)C(=O)O)C1. The second kappa shape index (κ2) is 8.60. The summed E-state index contributed by atoms with van der Waals surface area (Å²) >= 11 is 0. The van der Waals surface area contributed by atoms with Crippen molar-refractivity contribution in [2.24, 2.45) is 0 Å². The maximum atomic E-state index is 11.2. The molecule has 0 amide bonds. The van der Waals surface area contributed by atoms with Crippen LogP contribution < -0.4 is 5.32 Å². The molecule has 1 fully saturated rings. The van der Waals surface area contributed by atoms with Crippen molar-refractivity contribution in [3.8, 4) is 0 Å². The Morgan fingerprint density at radius 2 is 2.25 bits per heavy atom. The molecule has 0 saturated carbocycles. The Hall–Kier alpha value is -0.650. The van der Waals surface area contributed by atoms with Gasteiger partial charge in [0.2, 0.25) is 0 Å². The lowest BCUT2D eigenvalue weighted by Crippen LogP contribution is -2.47. The molecule has 5 nitrogen and oxygen atoms in total. The van der Waals surface area contributed by atoms with Gasteiger partial charge in [0, 0.05) is 13.2 Å². The van der Waals surface area contributed by atoms with Crippen molar-refractivity contribution in [2.45, 2.75) is 57.6 Å². The summed E-state index contributed by atoms with van der Waals surface area (Å²) in [5.41, 5.74) is -0.796. The molecule has 1 aliphatic rings. The topological polar surface area (TPSA) is 61.8 Å². The molecular formula is C15H30N2O3. The molecule has 0 bridgehead atoms. The van der Waals surface area contributed by atoms with E-state index in [1.807, 2.05) is 6.92 Å². The molecule has 0 radical (unpaired) electrons. The average molecular weight is 286 g/mol. The summed E-state index contributed by atoms with van der Waals surface area (Å²) in [6, 6.07) is 0.